The molecule has 8 rings (SSSR count). The van der Waals surface area contributed by atoms with Crippen molar-refractivity contribution in [3.8, 4) is 5.75 Å². The number of hydrogen-bond donors (Lipinski definition) is 18. The standard InChI is InChI=1S/C93H135N21O21S/c1-11-13-26-72-86(128)102-63(36-51(3)4)83(125)108-70(81(123)99-45-77(97)118)49-136-50-78(119)100-66(38-54-30-32-57(115)33-31-54)89(131)109(8)53(7)80(122)104-68(42-76(96)117)91(133)113-35-21-29-73(113)87(129)107-69(43-95)85(127)105-65(37-52(5)6)92(134)114-47-58(116)41-75(114)88(130)103-64(39-55-44-98-61-24-17-15-22-59(55)61)84(126)101-62(25-19-20-34-94)82(124)106-67(90(132)111(10)74(27-14-12-2)93(135)110(72)9)40-56-46-112(48-79(120)121)71-28-18-16-23-60(56)71/h15-18,22-24,28,30-33,44,46,51-53,58,62-70,72-75,98,115-116H,11-14,19-21,25-27,29,34-43,45,47-50,94-95H2,1-10H3,(H2,96,117)(H2,97,118)(H,99,123)(H,100,119)(H,101,126)(H,102,128)(H,103,130)(H,104,122)(H,105,127)(H,106,124)(H,107,129)(H,108,125)(H,120,121)/t53-,58+,62-,63-,64-,65-,66-,67-,68+,69-,70-,72-,73-,74-,75-/m0/s1. The van der Waals surface area contributed by atoms with E-state index in [0.29, 0.717) is 70.6 Å². The van der Waals surface area contributed by atoms with Gasteiger partial charge < -0.3 is 125 Å². The molecule has 3 aliphatic rings. The monoisotopic (exact) mass is 1910 g/mol. The minimum Gasteiger partial charge on any atom is -0.508 e. The molecular weight excluding hydrogens is 1780 g/mol. The minimum atomic E-state index is -1.77. The average Bonchev–Trinajstić information content (AvgIpc) is 1.63. The van der Waals surface area contributed by atoms with Crippen LogP contribution < -0.4 is 76.1 Å². The summed E-state index contributed by atoms with van der Waals surface area (Å²) in [5.74, 6) is -18.6. The third-order valence-corrected chi connectivity index (χ3v) is 25.6. The largest absolute Gasteiger partial charge is 0.508 e. The number of fused-ring (bicyclic) bond motifs is 4. The van der Waals surface area contributed by atoms with Crippen LogP contribution in [0.3, 0.4) is 0 Å². The molecule has 17 amide bonds. The van der Waals surface area contributed by atoms with Gasteiger partial charge in [0.1, 0.15) is 96.9 Å². The summed E-state index contributed by atoms with van der Waals surface area (Å²) in [6.45, 7) is 9.71. The predicted octanol–water partition coefficient (Wildman–Crippen LogP) is -1.46. The Balaban J connectivity index is 1.22. The molecular formula is C93H135N21O21S. The number of aromatic amines is 1. The number of aliphatic hydroxyl groups is 1. The summed E-state index contributed by atoms with van der Waals surface area (Å²) in [5, 5.41) is 59.8. The average molecular weight is 1920 g/mol. The highest BCUT2D eigenvalue weighted by Crippen LogP contribution is 2.29. The van der Waals surface area contributed by atoms with Crippen LogP contribution in [-0.4, -0.2) is 312 Å². The smallest absolute Gasteiger partial charge is 0.323 e. The maximum Gasteiger partial charge on any atom is 0.323 e. The van der Waals surface area contributed by atoms with Crippen molar-refractivity contribution in [1.29, 1.82) is 0 Å². The number of para-hydroxylation sites is 2. The third-order valence-electron chi connectivity index (χ3n) is 24.6. The number of H-pyrrole nitrogens is 1. The molecule has 3 aliphatic heterocycles. The number of nitrogens with two attached hydrogens (primary N) is 4. The normalized spacial score (nSPS) is 24.8. The van der Waals surface area contributed by atoms with Gasteiger partial charge in [0.25, 0.3) is 0 Å². The summed E-state index contributed by atoms with van der Waals surface area (Å²) in [6.07, 6.45) is 1.75. The number of benzene rings is 3. The van der Waals surface area contributed by atoms with Gasteiger partial charge in [-0.15, -0.1) is 11.8 Å². The predicted molar refractivity (Wildman–Crippen MR) is 504 cm³/mol. The Bertz CT molecular complexity index is 5090. The molecule has 42 nitrogen and oxygen atoms in total. The number of aromatic nitrogens is 2. The van der Waals surface area contributed by atoms with Gasteiger partial charge in [-0.3, -0.25) is 86.3 Å². The highest BCUT2D eigenvalue weighted by Gasteiger charge is 2.47. The number of phenols is 1. The minimum absolute atomic E-state index is 0.00549. The van der Waals surface area contributed by atoms with Crippen molar-refractivity contribution in [3.63, 3.8) is 0 Å². The molecule has 136 heavy (non-hydrogen) atoms. The fraction of sp³-hybridized carbons (Fsp3) is 0.570. The first-order chi connectivity index (χ1) is 64.6. The molecule has 2 aromatic heterocycles. The van der Waals surface area contributed by atoms with Crippen molar-refractivity contribution in [1.82, 2.24) is 87.2 Å². The van der Waals surface area contributed by atoms with Gasteiger partial charge >= 0.3 is 5.97 Å². The van der Waals surface area contributed by atoms with Gasteiger partial charge in [0.2, 0.25) is 100 Å². The summed E-state index contributed by atoms with van der Waals surface area (Å²) in [6, 6.07) is -1.93. The van der Waals surface area contributed by atoms with Gasteiger partial charge in [-0.1, -0.05) is 116 Å². The van der Waals surface area contributed by atoms with Crippen LogP contribution in [-0.2, 0) is 112 Å². The fourth-order valence-electron chi connectivity index (χ4n) is 17.1. The molecule has 0 spiro atoms. The van der Waals surface area contributed by atoms with Crippen molar-refractivity contribution in [2.75, 3.05) is 65.4 Å². The first-order valence-electron chi connectivity index (χ1n) is 46.3. The maximum absolute atomic E-state index is 16.1. The molecule has 22 N–H and O–H groups in total. The molecule has 0 bridgehead atoms. The number of phenolic OH excluding ortho intramolecular Hbond substituents is 1. The molecule has 0 aliphatic carbocycles. The van der Waals surface area contributed by atoms with E-state index in [4.69, 9.17) is 22.9 Å². The lowest BCUT2D eigenvalue weighted by Crippen LogP contribution is -2.61. The third kappa shape index (κ3) is 30.4. The summed E-state index contributed by atoms with van der Waals surface area (Å²) in [4.78, 5) is 272. The Morgan fingerprint density at radius 3 is 1.74 bits per heavy atom. The number of nitrogens with one attached hydrogen (secondary N) is 11. The molecule has 5 heterocycles. The number of aliphatic carboxylic acids is 1. The maximum atomic E-state index is 16.1. The van der Waals surface area contributed by atoms with Crippen LogP contribution in [0.25, 0.3) is 21.8 Å². The summed E-state index contributed by atoms with van der Waals surface area (Å²) < 4.78 is 1.45. The van der Waals surface area contributed by atoms with Crippen LogP contribution in [0.2, 0.25) is 0 Å². The number of aromatic hydroxyl groups is 1. The van der Waals surface area contributed by atoms with Crippen LogP contribution in [0, 0.1) is 11.8 Å². The van der Waals surface area contributed by atoms with Gasteiger partial charge in [0.15, 0.2) is 0 Å². The summed E-state index contributed by atoms with van der Waals surface area (Å²) in [7, 11) is 3.94. The van der Waals surface area contributed by atoms with E-state index in [1.165, 1.54) is 68.0 Å². The number of carbonyl (C=O) groups excluding carboxylic acids is 17. The van der Waals surface area contributed by atoms with Crippen LogP contribution in [0.15, 0.2) is 85.2 Å². The molecule has 0 saturated carbocycles. The van der Waals surface area contributed by atoms with E-state index >= 15 is 33.6 Å². The van der Waals surface area contributed by atoms with E-state index in [0.717, 1.165) is 31.4 Å². The SMILES string of the molecule is CCCC[C@H]1C(=O)N(C)[C@@H](CCCC)C(=O)N[C@@H](CC(C)C)C(=O)N[C@H](C(=O)NCC(N)=O)CSCC(=O)N[C@@H](Cc2ccc(O)cc2)C(=O)N(C)[C@@H](C)C(=O)N[C@H](CC(N)=O)C(=O)N2CCC[C@H]2C(=O)N[C@@H](CN)C(=O)N[C@@H](CC(C)C)C(=O)N2C[C@H](O)C[C@H]2C(=O)N[C@@H](Cc2c[nH]c3ccccc23)C(=O)N[C@@H](CCCCN)C(=O)N[C@@H](Cc2cn(CC(=O)O)c3ccccc23)C(=O)N1C. The van der Waals surface area contributed by atoms with Crippen LogP contribution in [0.4, 0.5) is 0 Å². The summed E-state index contributed by atoms with van der Waals surface area (Å²) in [5.41, 5.74) is 25.8. The Hall–Kier alpha value is -12.8. The lowest BCUT2D eigenvalue weighted by Gasteiger charge is -2.36. The summed E-state index contributed by atoms with van der Waals surface area (Å²) >= 11 is 0.787. The highest BCUT2D eigenvalue weighted by atomic mass is 32.2. The number of amides is 17. The number of carboxylic acid groups (broad SMARTS) is 1. The fourth-order valence-corrected chi connectivity index (χ4v) is 18.0. The number of primary amides is 2. The molecule has 43 heteroatoms. The van der Waals surface area contributed by atoms with E-state index in [1.54, 1.807) is 82.4 Å². The molecule has 744 valence electrons. The van der Waals surface area contributed by atoms with Crippen LogP contribution in [0.1, 0.15) is 161 Å². The highest BCUT2D eigenvalue weighted by molar-refractivity contribution is 8.00. The second-order valence-electron chi connectivity index (χ2n) is 36.0. The Morgan fingerprint density at radius 1 is 0.537 bits per heavy atom. The number of hydrogen-bond acceptors (Lipinski definition) is 23. The molecule has 0 unspecified atom stereocenters. The Labute approximate surface area is 794 Å². The first kappa shape index (κ1) is 109. The first-order valence-corrected chi connectivity index (χ1v) is 47.5. The van der Waals surface area contributed by atoms with Gasteiger partial charge in [-0.2, -0.15) is 0 Å². The van der Waals surface area contributed by atoms with Crippen molar-refractivity contribution >= 4 is 140 Å². The molecule has 5 aromatic rings. The van der Waals surface area contributed by atoms with E-state index in [-0.39, 0.29) is 108 Å². The van der Waals surface area contributed by atoms with Crippen LogP contribution in [0.5, 0.6) is 5.75 Å². The Kier molecular flexibility index (Phi) is 41.3. The number of unbranched alkanes of at least 4 members (excludes halogenated alkanes) is 3. The quantitative estimate of drug-likeness (QED) is 0.0255. The number of rotatable bonds is 28. The van der Waals surface area contributed by atoms with Crippen molar-refractivity contribution < 1.29 is 102 Å². The lowest BCUT2D eigenvalue weighted by molar-refractivity contribution is -0.149. The lowest BCUT2D eigenvalue weighted by atomic mass is 9.99. The molecule has 3 aromatic carbocycles. The topological polar surface area (TPSA) is 629 Å². The van der Waals surface area contributed by atoms with Crippen LogP contribution >= 0.6 is 11.8 Å². The zero-order chi connectivity index (χ0) is 100. The second-order valence-corrected chi connectivity index (χ2v) is 37.0. The molecule has 0 radical (unpaired) electrons. The van der Waals surface area contributed by atoms with Gasteiger partial charge in [-0.25, -0.2) is 0 Å². The van der Waals surface area contributed by atoms with E-state index in [2.05, 4.69) is 58.2 Å². The van der Waals surface area contributed by atoms with Crippen molar-refractivity contribution in [2.24, 2.45) is 34.8 Å². The van der Waals surface area contributed by atoms with E-state index in [9.17, 15) is 68.1 Å². The number of likely N-dealkylation sites (N-methyl/N-ethyl adjacent to an activating group) is 3. The number of aliphatic hydroxyl groups excluding tert-OH is 1. The number of nitrogens with zero attached hydrogens (tertiary/aromatic N) is 6. The number of carbonyl (C=O) groups is 18. The Morgan fingerprint density at radius 2 is 1.09 bits per heavy atom. The zero-order valence-electron chi connectivity index (χ0n) is 78.9. The van der Waals surface area contributed by atoms with E-state index in [1.807, 2.05) is 13.8 Å². The van der Waals surface area contributed by atoms with E-state index < -0.39 is 241 Å². The van der Waals surface area contributed by atoms with Gasteiger partial charge in [0.05, 0.1) is 24.8 Å². The number of thioether (sulfide) groups is 1. The van der Waals surface area contributed by atoms with Gasteiger partial charge in [0, 0.05) is 106 Å². The van der Waals surface area contributed by atoms with Crippen molar-refractivity contribution in [2.45, 2.75) is 261 Å². The molecule has 3 fully saturated rings. The van der Waals surface area contributed by atoms with Crippen molar-refractivity contribution in [3.05, 3.63) is 102 Å². The number of carboxylic acids is 1. The zero-order valence-corrected chi connectivity index (χ0v) is 79.7. The van der Waals surface area contributed by atoms with Gasteiger partial charge in [-0.05, 0) is 124 Å². The molecule has 15 atom stereocenters. The second kappa shape index (κ2) is 51.8. The molecule has 3 saturated heterocycles.